The molecular weight excluding hydrogens is 194 g/mol. The van der Waals surface area contributed by atoms with Gasteiger partial charge in [0.05, 0.1) is 0 Å². The number of carbonyl (C=O) groups excluding carboxylic acids is 2. The summed E-state index contributed by atoms with van der Waals surface area (Å²) in [5.41, 5.74) is 0. The van der Waals surface area contributed by atoms with E-state index < -0.39 is 0 Å². The van der Waals surface area contributed by atoms with Gasteiger partial charge in [0.15, 0.2) is 0 Å². The van der Waals surface area contributed by atoms with Gasteiger partial charge in [0, 0.05) is 24.5 Å². The predicted octanol–water partition coefficient (Wildman–Crippen LogP) is 0.644. The van der Waals surface area contributed by atoms with Gasteiger partial charge in [0.2, 0.25) is 11.8 Å². The molecule has 0 aliphatic carbocycles. The number of imide groups is 1. The van der Waals surface area contributed by atoms with E-state index in [-0.39, 0.29) is 42.2 Å². The van der Waals surface area contributed by atoms with Crippen LogP contribution in [0.25, 0.3) is 0 Å². The van der Waals surface area contributed by atoms with Crippen LogP contribution < -0.4 is 0 Å². The zero-order chi connectivity index (χ0) is 11.7. The number of hydrogen-bond donors (Lipinski definition) is 1. The Bertz CT molecular complexity index is 257. The van der Waals surface area contributed by atoms with Crippen LogP contribution in [-0.4, -0.2) is 34.5 Å². The molecule has 2 amide bonds. The largest absolute Gasteiger partial charge is 0.396 e. The molecule has 4 nitrogen and oxygen atoms in total. The highest BCUT2D eigenvalue weighted by Crippen LogP contribution is 2.28. The number of rotatable bonds is 3. The summed E-state index contributed by atoms with van der Waals surface area (Å²) in [4.78, 5) is 24.9. The Labute approximate surface area is 90.3 Å². The first-order valence-corrected chi connectivity index (χ1v) is 5.39. The van der Waals surface area contributed by atoms with Crippen molar-refractivity contribution in [3.05, 3.63) is 0 Å². The molecule has 0 saturated carbocycles. The van der Waals surface area contributed by atoms with E-state index >= 15 is 0 Å². The van der Waals surface area contributed by atoms with Crippen LogP contribution in [0.15, 0.2) is 0 Å². The van der Waals surface area contributed by atoms with E-state index in [2.05, 4.69) is 0 Å². The molecule has 15 heavy (non-hydrogen) atoms. The zero-order valence-corrected chi connectivity index (χ0v) is 9.73. The van der Waals surface area contributed by atoms with Gasteiger partial charge in [0.25, 0.3) is 0 Å². The lowest BCUT2D eigenvalue weighted by molar-refractivity contribution is -0.143. The first-order chi connectivity index (χ1) is 6.91. The Kier molecular flexibility index (Phi) is 3.50. The van der Waals surface area contributed by atoms with Crippen molar-refractivity contribution in [3.63, 3.8) is 0 Å². The molecule has 0 radical (unpaired) electrons. The van der Waals surface area contributed by atoms with Crippen molar-refractivity contribution in [3.8, 4) is 0 Å². The van der Waals surface area contributed by atoms with Crippen molar-refractivity contribution in [2.45, 2.75) is 33.7 Å². The average Bonchev–Trinajstić information content (AvgIpc) is 2.41. The minimum atomic E-state index is -0.231. The van der Waals surface area contributed by atoms with E-state index in [1.54, 1.807) is 20.8 Å². The molecule has 1 rings (SSSR count). The summed E-state index contributed by atoms with van der Waals surface area (Å²) in [5.74, 6) is -0.757. The fraction of sp³-hybridized carbons (Fsp3) is 0.818. The highest BCUT2D eigenvalue weighted by Gasteiger charge is 2.45. The Morgan fingerprint density at radius 3 is 1.93 bits per heavy atom. The third-order valence-corrected chi connectivity index (χ3v) is 3.52. The SMILES string of the molecule is CC(CO)C(C)N1C(=O)C(C)C(C)C1=O. The second-order valence-electron chi connectivity index (χ2n) is 4.52. The van der Waals surface area contributed by atoms with Crippen molar-refractivity contribution >= 4 is 11.8 Å². The third-order valence-electron chi connectivity index (χ3n) is 3.52. The smallest absolute Gasteiger partial charge is 0.233 e. The van der Waals surface area contributed by atoms with E-state index in [4.69, 9.17) is 5.11 Å². The first kappa shape index (κ1) is 12.2. The Morgan fingerprint density at radius 2 is 1.60 bits per heavy atom. The minimum absolute atomic E-state index is 0.0129. The van der Waals surface area contributed by atoms with Crippen LogP contribution in [0, 0.1) is 17.8 Å². The second kappa shape index (κ2) is 4.31. The molecule has 1 fully saturated rings. The minimum Gasteiger partial charge on any atom is -0.396 e. The number of carbonyl (C=O) groups is 2. The molecule has 4 heteroatoms. The highest BCUT2D eigenvalue weighted by molar-refractivity contribution is 6.05. The fourth-order valence-electron chi connectivity index (χ4n) is 1.78. The van der Waals surface area contributed by atoms with Crippen molar-refractivity contribution in [1.82, 2.24) is 4.90 Å². The lowest BCUT2D eigenvalue weighted by Crippen LogP contribution is -2.43. The van der Waals surface area contributed by atoms with Crippen molar-refractivity contribution in [2.75, 3.05) is 6.61 Å². The molecule has 1 heterocycles. The highest BCUT2D eigenvalue weighted by atomic mass is 16.3. The number of likely N-dealkylation sites (tertiary alicyclic amines) is 1. The summed E-state index contributed by atoms with van der Waals surface area (Å²) in [6.45, 7) is 7.18. The monoisotopic (exact) mass is 213 g/mol. The van der Waals surface area contributed by atoms with Gasteiger partial charge in [-0.25, -0.2) is 0 Å². The van der Waals surface area contributed by atoms with Gasteiger partial charge in [-0.3, -0.25) is 14.5 Å². The molecule has 0 bridgehead atoms. The Hall–Kier alpha value is -0.900. The normalized spacial score (nSPS) is 30.9. The first-order valence-electron chi connectivity index (χ1n) is 5.39. The second-order valence-corrected chi connectivity index (χ2v) is 4.52. The number of hydrogen-bond acceptors (Lipinski definition) is 3. The number of nitrogens with zero attached hydrogens (tertiary/aromatic N) is 1. The molecule has 4 atom stereocenters. The van der Waals surface area contributed by atoms with Gasteiger partial charge in [-0.15, -0.1) is 0 Å². The van der Waals surface area contributed by atoms with E-state index in [0.717, 1.165) is 0 Å². The molecule has 1 aliphatic rings. The molecule has 1 N–H and O–H groups in total. The number of aliphatic hydroxyl groups is 1. The van der Waals surface area contributed by atoms with Gasteiger partial charge in [-0.2, -0.15) is 0 Å². The molecule has 1 aliphatic heterocycles. The zero-order valence-electron chi connectivity index (χ0n) is 9.73. The molecule has 0 aromatic heterocycles. The van der Waals surface area contributed by atoms with E-state index in [1.807, 2.05) is 6.92 Å². The molecule has 0 aromatic rings. The quantitative estimate of drug-likeness (QED) is 0.700. The van der Waals surface area contributed by atoms with Gasteiger partial charge in [0.1, 0.15) is 0 Å². The van der Waals surface area contributed by atoms with E-state index in [1.165, 1.54) is 4.90 Å². The van der Waals surface area contributed by atoms with Crippen molar-refractivity contribution in [1.29, 1.82) is 0 Å². The van der Waals surface area contributed by atoms with Gasteiger partial charge in [-0.05, 0) is 12.8 Å². The van der Waals surface area contributed by atoms with Gasteiger partial charge in [-0.1, -0.05) is 20.8 Å². The maximum absolute atomic E-state index is 11.8. The van der Waals surface area contributed by atoms with E-state index in [0.29, 0.717) is 0 Å². The van der Waals surface area contributed by atoms with Crippen LogP contribution in [0.2, 0.25) is 0 Å². The standard InChI is InChI=1S/C11H19NO3/c1-6(5-13)9(4)12-10(14)7(2)8(3)11(12)15/h6-9,13H,5H2,1-4H3. The fourth-order valence-corrected chi connectivity index (χ4v) is 1.78. The lowest BCUT2D eigenvalue weighted by Gasteiger charge is -2.27. The molecule has 0 aromatic carbocycles. The average molecular weight is 213 g/mol. The molecular formula is C11H19NO3. The van der Waals surface area contributed by atoms with Crippen molar-refractivity contribution in [2.24, 2.45) is 17.8 Å². The summed E-state index contributed by atoms with van der Waals surface area (Å²) in [7, 11) is 0. The number of amides is 2. The molecule has 86 valence electrons. The van der Waals surface area contributed by atoms with Gasteiger partial charge >= 0.3 is 0 Å². The van der Waals surface area contributed by atoms with Crippen LogP contribution in [0.3, 0.4) is 0 Å². The van der Waals surface area contributed by atoms with Crippen LogP contribution >= 0.6 is 0 Å². The molecule has 4 unspecified atom stereocenters. The van der Waals surface area contributed by atoms with Crippen LogP contribution in [-0.2, 0) is 9.59 Å². The maximum atomic E-state index is 11.8. The maximum Gasteiger partial charge on any atom is 0.233 e. The third kappa shape index (κ3) is 1.91. The summed E-state index contributed by atoms with van der Waals surface area (Å²) >= 11 is 0. The van der Waals surface area contributed by atoms with Crippen LogP contribution in [0.5, 0.6) is 0 Å². The summed E-state index contributed by atoms with van der Waals surface area (Å²) in [6, 6.07) is -0.220. The topological polar surface area (TPSA) is 57.6 Å². The lowest BCUT2D eigenvalue weighted by atomic mass is 10.00. The van der Waals surface area contributed by atoms with Crippen molar-refractivity contribution < 1.29 is 14.7 Å². The van der Waals surface area contributed by atoms with Crippen LogP contribution in [0.1, 0.15) is 27.7 Å². The summed E-state index contributed by atoms with van der Waals surface area (Å²) in [5, 5.41) is 9.02. The molecule has 1 saturated heterocycles. The van der Waals surface area contributed by atoms with Crippen LogP contribution in [0.4, 0.5) is 0 Å². The number of aliphatic hydroxyl groups excluding tert-OH is 1. The van der Waals surface area contributed by atoms with E-state index in [9.17, 15) is 9.59 Å². The summed E-state index contributed by atoms with van der Waals surface area (Å²) in [6.07, 6.45) is 0. The van der Waals surface area contributed by atoms with Gasteiger partial charge < -0.3 is 5.11 Å². The predicted molar refractivity (Wildman–Crippen MR) is 55.9 cm³/mol. The molecule has 0 spiro atoms. The Balaban J connectivity index is 2.87. The Morgan fingerprint density at radius 1 is 1.20 bits per heavy atom. The summed E-state index contributed by atoms with van der Waals surface area (Å²) < 4.78 is 0.